The van der Waals surface area contributed by atoms with E-state index in [-0.39, 0.29) is 18.0 Å². The number of nitrogens with zero attached hydrogens (tertiary/aromatic N) is 3. The molecule has 1 amide bonds. The molecule has 0 aliphatic carbocycles. The van der Waals surface area contributed by atoms with Gasteiger partial charge in [0, 0.05) is 24.5 Å². The zero-order valence-corrected chi connectivity index (χ0v) is 17.8. The Kier molecular flexibility index (Phi) is 6.29. The van der Waals surface area contributed by atoms with Crippen molar-refractivity contribution in [2.45, 2.75) is 46.1 Å². The fourth-order valence-corrected chi connectivity index (χ4v) is 4.03. The van der Waals surface area contributed by atoms with Gasteiger partial charge in [0.2, 0.25) is 5.91 Å². The molecule has 0 bridgehead atoms. The molecule has 0 fully saturated rings. The number of hydrogen-bond acceptors (Lipinski definition) is 4. The number of unbranched alkanes of at least 4 members (excludes halogenated alkanes) is 1. The summed E-state index contributed by atoms with van der Waals surface area (Å²) in [5.74, 6) is 0.387. The first-order valence-electron chi connectivity index (χ1n) is 9.73. The lowest BCUT2D eigenvalue weighted by Gasteiger charge is -2.17. The van der Waals surface area contributed by atoms with E-state index in [1.165, 1.54) is 27.8 Å². The minimum Gasteiger partial charge on any atom is -0.344 e. The summed E-state index contributed by atoms with van der Waals surface area (Å²) in [6, 6.07) is 8.31. The second-order valence-electron chi connectivity index (χ2n) is 7.45. The molecule has 0 unspecified atom stereocenters. The van der Waals surface area contributed by atoms with E-state index in [0.29, 0.717) is 22.7 Å². The minimum absolute atomic E-state index is 0.0174. The Morgan fingerprint density at radius 3 is 2.61 bits per heavy atom. The number of rotatable bonds is 7. The van der Waals surface area contributed by atoms with E-state index in [4.69, 9.17) is 0 Å². The van der Waals surface area contributed by atoms with Crippen LogP contribution in [-0.2, 0) is 11.3 Å². The van der Waals surface area contributed by atoms with Crippen molar-refractivity contribution in [1.82, 2.24) is 14.5 Å². The maximum absolute atomic E-state index is 13.1. The highest BCUT2D eigenvalue weighted by molar-refractivity contribution is 7.17. The van der Waals surface area contributed by atoms with Gasteiger partial charge in [-0.25, -0.2) is 4.98 Å². The van der Waals surface area contributed by atoms with E-state index < -0.39 is 0 Å². The predicted molar refractivity (Wildman–Crippen MR) is 116 cm³/mol. The number of aromatic nitrogens is 2. The van der Waals surface area contributed by atoms with Crippen LogP contribution in [0.25, 0.3) is 21.3 Å². The van der Waals surface area contributed by atoms with Gasteiger partial charge in [0.25, 0.3) is 5.56 Å². The fourth-order valence-electron chi connectivity index (χ4n) is 3.13. The Balaban J connectivity index is 1.94. The van der Waals surface area contributed by atoms with E-state index in [0.717, 1.165) is 24.0 Å². The van der Waals surface area contributed by atoms with Gasteiger partial charge in [0.1, 0.15) is 11.4 Å². The quantitative estimate of drug-likeness (QED) is 0.589. The molecule has 0 saturated heterocycles. The first-order valence-corrected chi connectivity index (χ1v) is 10.6. The first-order chi connectivity index (χ1) is 13.4. The Bertz CT molecular complexity index is 1020. The molecule has 0 aliphatic rings. The smallest absolute Gasteiger partial charge is 0.263 e. The maximum Gasteiger partial charge on any atom is 0.263 e. The Hall–Kier alpha value is -2.47. The molecule has 6 heteroatoms. The van der Waals surface area contributed by atoms with Crippen LogP contribution >= 0.6 is 11.3 Å². The Morgan fingerprint density at radius 2 is 1.96 bits per heavy atom. The lowest BCUT2D eigenvalue weighted by molar-refractivity contribution is -0.130. The summed E-state index contributed by atoms with van der Waals surface area (Å²) < 4.78 is 1.42. The molecule has 0 radical (unpaired) electrons. The van der Waals surface area contributed by atoms with E-state index >= 15 is 0 Å². The van der Waals surface area contributed by atoms with Crippen molar-refractivity contribution in [2.75, 3.05) is 13.6 Å². The molecule has 0 saturated carbocycles. The lowest BCUT2D eigenvalue weighted by atomic mass is 9.99. The standard InChI is InChI=1S/C22H27N3O2S/c1-5-6-11-24(4)19(26)12-25-14-23-21-20(22(25)27)18(13-28-21)17-9-7-16(8-10-17)15(2)3/h7-10,13-15H,5-6,11-12H2,1-4H3. The van der Waals surface area contributed by atoms with Gasteiger partial charge in [0.15, 0.2) is 0 Å². The largest absolute Gasteiger partial charge is 0.344 e. The van der Waals surface area contributed by atoms with Gasteiger partial charge >= 0.3 is 0 Å². The first kappa shape index (κ1) is 20.3. The third-order valence-corrected chi connectivity index (χ3v) is 5.91. The number of hydrogen-bond donors (Lipinski definition) is 0. The number of amides is 1. The van der Waals surface area contributed by atoms with Gasteiger partial charge < -0.3 is 4.90 Å². The second kappa shape index (κ2) is 8.69. The Labute approximate surface area is 169 Å². The normalized spacial score (nSPS) is 11.3. The van der Waals surface area contributed by atoms with Crippen molar-refractivity contribution in [3.05, 3.63) is 51.9 Å². The molecular formula is C22H27N3O2S. The number of benzene rings is 1. The molecule has 3 aromatic rings. The third-order valence-electron chi connectivity index (χ3n) is 5.03. The molecule has 0 spiro atoms. The van der Waals surface area contributed by atoms with Crippen LogP contribution in [-0.4, -0.2) is 34.0 Å². The molecule has 1 aromatic carbocycles. The van der Waals surface area contributed by atoms with Crippen molar-refractivity contribution in [3.8, 4) is 11.1 Å². The third kappa shape index (κ3) is 4.17. The summed E-state index contributed by atoms with van der Waals surface area (Å²) in [4.78, 5) is 32.3. The molecule has 0 atom stereocenters. The van der Waals surface area contributed by atoms with E-state index in [1.807, 2.05) is 5.38 Å². The molecule has 5 nitrogen and oxygen atoms in total. The molecule has 3 rings (SSSR count). The summed E-state index contributed by atoms with van der Waals surface area (Å²) in [7, 11) is 1.78. The SMILES string of the molecule is CCCCN(C)C(=O)Cn1cnc2scc(-c3ccc(C(C)C)cc3)c2c1=O. The molecular weight excluding hydrogens is 370 g/mol. The van der Waals surface area contributed by atoms with Gasteiger partial charge in [-0.15, -0.1) is 11.3 Å². The number of fused-ring (bicyclic) bond motifs is 1. The van der Waals surface area contributed by atoms with E-state index in [1.54, 1.807) is 11.9 Å². The zero-order chi connectivity index (χ0) is 20.3. The van der Waals surface area contributed by atoms with Gasteiger partial charge in [0.05, 0.1) is 11.7 Å². The van der Waals surface area contributed by atoms with Crippen molar-refractivity contribution in [1.29, 1.82) is 0 Å². The topological polar surface area (TPSA) is 55.2 Å². The number of thiophene rings is 1. The van der Waals surface area contributed by atoms with Gasteiger partial charge in [-0.3, -0.25) is 14.2 Å². The molecule has 2 heterocycles. The van der Waals surface area contributed by atoms with Gasteiger partial charge in [-0.2, -0.15) is 0 Å². The van der Waals surface area contributed by atoms with Crippen molar-refractivity contribution in [3.63, 3.8) is 0 Å². The van der Waals surface area contributed by atoms with Crippen LogP contribution in [0.15, 0.2) is 40.8 Å². The monoisotopic (exact) mass is 397 g/mol. The lowest BCUT2D eigenvalue weighted by Crippen LogP contribution is -2.34. The zero-order valence-electron chi connectivity index (χ0n) is 16.9. The predicted octanol–water partition coefficient (Wildman–Crippen LogP) is 4.51. The maximum atomic E-state index is 13.1. The molecule has 28 heavy (non-hydrogen) atoms. The summed E-state index contributed by atoms with van der Waals surface area (Å²) in [6.07, 6.45) is 3.47. The van der Waals surface area contributed by atoms with Crippen LogP contribution in [0.1, 0.15) is 45.1 Å². The van der Waals surface area contributed by atoms with Crippen molar-refractivity contribution in [2.24, 2.45) is 0 Å². The number of carbonyl (C=O) groups excluding carboxylic acids is 1. The molecule has 0 N–H and O–H groups in total. The minimum atomic E-state index is -0.161. The highest BCUT2D eigenvalue weighted by Gasteiger charge is 2.16. The van der Waals surface area contributed by atoms with E-state index in [9.17, 15) is 9.59 Å². The molecule has 0 aliphatic heterocycles. The van der Waals surface area contributed by atoms with Gasteiger partial charge in [-0.05, 0) is 23.5 Å². The van der Waals surface area contributed by atoms with Gasteiger partial charge in [-0.1, -0.05) is 51.5 Å². The van der Waals surface area contributed by atoms with Crippen molar-refractivity contribution < 1.29 is 4.79 Å². The summed E-state index contributed by atoms with van der Waals surface area (Å²) in [5, 5.41) is 2.57. The van der Waals surface area contributed by atoms with Crippen LogP contribution in [0.2, 0.25) is 0 Å². The van der Waals surface area contributed by atoms with Crippen LogP contribution < -0.4 is 5.56 Å². The van der Waals surface area contributed by atoms with E-state index in [2.05, 4.69) is 50.0 Å². The highest BCUT2D eigenvalue weighted by atomic mass is 32.1. The van der Waals surface area contributed by atoms with Crippen LogP contribution in [0, 0.1) is 0 Å². The average Bonchev–Trinajstić information content (AvgIpc) is 3.13. The number of likely N-dealkylation sites (N-methyl/N-ethyl adjacent to an activating group) is 1. The summed E-state index contributed by atoms with van der Waals surface area (Å²) in [5.41, 5.74) is 2.98. The molecule has 148 valence electrons. The fraction of sp³-hybridized carbons (Fsp3) is 0.409. The Morgan fingerprint density at radius 1 is 1.25 bits per heavy atom. The van der Waals surface area contributed by atoms with Crippen LogP contribution in [0.4, 0.5) is 0 Å². The highest BCUT2D eigenvalue weighted by Crippen LogP contribution is 2.31. The van der Waals surface area contributed by atoms with Crippen molar-refractivity contribution >= 4 is 27.5 Å². The van der Waals surface area contributed by atoms with Crippen LogP contribution in [0.5, 0.6) is 0 Å². The summed E-state index contributed by atoms with van der Waals surface area (Å²) >= 11 is 1.46. The van der Waals surface area contributed by atoms with Crippen LogP contribution in [0.3, 0.4) is 0 Å². The molecule has 2 aromatic heterocycles. The summed E-state index contributed by atoms with van der Waals surface area (Å²) in [6.45, 7) is 7.12. The second-order valence-corrected chi connectivity index (χ2v) is 8.31. The number of carbonyl (C=O) groups is 1. The average molecular weight is 398 g/mol.